The molecule has 0 atom stereocenters. The first kappa shape index (κ1) is 37.2. The minimum Gasteiger partial charge on any atom is 0 e. The summed E-state index contributed by atoms with van der Waals surface area (Å²) >= 11 is 0. The number of hydrogen-bond acceptors (Lipinski definition) is 1. The molecule has 1 heterocycles. The SMILES string of the molecule is C1CCNCC1.Fc1ccc(P(c2ccccc2)c2ccccc2)cc1.[C-]#[O+].[C-]#[O+].[C-]#[O+].[C-]#[O+].[Mo]. The van der Waals surface area contributed by atoms with Crippen molar-refractivity contribution in [3.63, 3.8) is 0 Å². The first-order valence-electron chi connectivity index (χ1n) is 10.0. The number of benzene rings is 3. The van der Waals surface area contributed by atoms with Crippen molar-refractivity contribution in [2.45, 2.75) is 19.3 Å². The van der Waals surface area contributed by atoms with Crippen molar-refractivity contribution in [3.8, 4) is 0 Å². The summed E-state index contributed by atoms with van der Waals surface area (Å²) < 4.78 is 43.2. The zero-order valence-corrected chi connectivity index (χ0v) is 21.9. The molecule has 0 aromatic heterocycles. The van der Waals surface area contributed by atoms with E-state index < -0.39 is 7.92 Å². The van der Waals surface area contributed by atoms with E-state index in [4.69, 9.17) is 18.6 Å². The van der Waals surface area contributed by atoms with Crippen LogP contribution in [0.5, 0.6) is 0 Å². The third kappa shape index (κ3) is 16.0. The molecule has 1 saturated heterocycles. The van der Waals surface area contributed by atoms with Crippen molar-refractivity contribution >= 4 is 23.8 Å². The van der Waals surface area contributed by atoms with E-state index in [0.29, 0.717) is 0 Å². The van der Waals surface area contributed by atoms with E-state index in [9.17, 15) is 4.39 Å². The summed E-state index contributed by atoms with van der Waals surface area (Å²) in [6.45, 7) is 20.5. The van der Waals surface area contributed by atoms with Crippen LogP contribution in [-0.2, 0) is 39.7 Å². The van der Waals surface area contributed by atoms with Gasteiger partial charge in [0.1, 0.15) is 5.82 Å². The summed E-state index contributed by atoms with van der Waals surface area (Å²) in [4.78, 5) is 0. The van der Waals surface area contributed by atoms with Crippen molar-refractivity contribution in [2.24, 2.45) is 0 Å². The minimum absolute atomic E-state index is 0. The topological polar surface area (TPSA) is 91.6 Å². The van der Waals surface area contributed by atoms with Crippen LogP contribution in [0, 0.1) is 32.4 Å². The first-order valence-corrected chi connectivity index (χ1v) is 11.4. The molecule has 3 aromatic rings. The summed E-state index contributed by atoms with van der Waals surface area (Å²) in [7, 11) is -0.625. The van der Waals surface area contributed by atoms with E-state index >= 15 is 0 Å². The molecule has 0 bridgehead atoms. The predicted molar refractivity (Wildman–Crippen MR) is 128 cm³/mol. The summed E-state index contributed by atoms with van der Waals surface area (Å²) in [5, 5.41) is 7.01. The van der Waals surface area contributed by atoms with Gasteiger partial charge in [0.25, 0.3) is 0 Å². The molecule has 4 rings (SSSR count). The van der Waals surface area contributed by atoms with Gasteiger partial charge in [0, 0.05) is 21.1 Å². The fraction of sp³-hybridized carbons (Fsp3) is 0.185. The summed E-state index contributed by atoms with van der Waals surface area (Å²) in [5.74, 6) is -0.190. The van der Waals surface area contributed by atoms with Gasteiger partial charge in [0.2, 0.25) is 0 Å². The van der Waals surface area contributed by atoms with Gasteiger partial charge in [0.15, 0.2) is 0 Å². The summed E-state index contributed by atoms with van der Waals surface area (Å²) in [6, 6.07) is 27.7. The van der Waals surface area contributed by atoms with Crippen LogP contribution < -0.4 is 21.2 Å². The van der Waals surface area contributed by atoms with Crippen LogP contribution in [0.25, 0.3) is 0 Å². The quantitative estimate of drug-likeness (QED) is 0.217. The second kappa shape index (κ2) is 27.9. The summed E-state index contributed by atoms with van der Waals surface area (Å²) in [6.07, 6.45) is 4.22. The molecule has 0 saturated carbocycles. The van der Waals surface area contributed by atoms with Gasteiger partial charge in [0.05, 0.1) is 0 Å². The smallest absolute Gasteiger partial charge is 0 e. The normalized spacial score (nSPS) is 10.5. The van der Waals surface area contributed by atoms with Gasteiger partial charge >= 0.3 is 45.2 Å². The van der Waals surface area contributed by atoms with Crippen LogP contribution in [-0.4, -0.2) is 13.1 Å². The van der Waals surface area contributed by atoms with Crippen molar-refractivity contribution in [3.05, 3.63) is 117 Å². The number of halogens is 1. The van der Waals surface area contributed by atoms with Gasteiger partial charge < -0.3 is 5.32 Å². The van der Waals surface area contributed by atoms with Crippen LogP contribution >= 0.6 is 7.92 Å². The molecule has 5 nitrogen and oxygen atoms in total. The van der Waals surface area contributed by atoms with Crippen molar-refractivity contribution in [1.29, 1.82) is 0 Å². The van der Waals surface area contributed by atoms with Gasteiger partial charge in [-0.25, -0.2) is 4.39 Å². The predicted octanol–water partition coefficient (Wildman–Crippen LogP) is 4.19. The van der Waals surface area contributed by atoms with E-state index in [1.54, 1.807) is 0 Å². The molecule has 1 aliphatic heterocycles. The van der Waals surface area contributed by atoms with Crippen molar-refractivity contribution < 1.29 is 44.1 Å². The molecule has 0 amide bonds. The van der Waals surface area contributed by atoms with Crippen LogP contribution in [0.1, 0.15) is 19.3 Å². The Morgan fingerprint density at radius 3 is 1.17 bits per heavy atom. The van der Waals surface area contributed by atoms with Gasteiger partial charge in [-0.3, -0.25) is 0 Å². The number of hydrogen-bond donors (Lipinski definition) is 1. The third-order valence-electron chi connectivity index (χ3n) is 4.32. The average Bonchev–Trinajstić information content (AvgIpc) is 2.97. The Bertz CT molecular complexity index is 870. The second-order valence-electron chi connectivity index (χ2n) is 6.29. The molecule has 0 spiro atoms. The Kier molecular flexibility index (Phi) is 29.6. The minimum atomic E-state index is -0.625. The fourth-order valence-corrected chi connectivity index (χ4v) is 5.28. The molecule has 1 fully saturated rings. The molecular formula is C27H25FMoNO4P. The van der Waals surface area contributed by atoms with E-state index in [1.165, 1.54) is 60.4 Å². The fourth-order valence-electron chi connectivity index (χ4n) is 2.99. The molecule has 1 aliphatic rings. The molecule has 180 valence electrons. The van der Waals surface area contributed by atoms with Gasteiger partial charge in [-0.1, -0.05) is 79.2 Å². The van der Waals surface area contributed by atoms with E-state index in [1.807, 2.05) is 24.3 Å². The largest absolute Gasteiger partial charge is 0 e. The zero-order chi connectivity index (χ0) is 26.0. The van der Waals surface area contributed by atoms with Crippen LogP contribution in [0.2, 0.25) is 0 Å². The third-order valence-corrected chi connectivity index (χ3v) is 6.76. The first-order chi connectivity index (χ1) is 16.8. The van der Waals surface area contributed by atoms with Crippen molar-refractivity contribution in [1.82, 2.24) is 5.32 Å². The Morgan fingerprint density at radius 2 is 0.886 bits per heavy atom. The Labute approximate surface area is 222 Å². The van der Waals surface area contributed by atoms with Gasteiger partial charge in [-0.15, -0.1) is 0 Å². The Hall–Kier alpha value is -2.37. The molecule has 8 heteroatoms. The molecule has 1 N–H and O–H groups in total. The van der Waals surface area contributed by atoms with Gasteiger partial charge in [-0.2, -0.15) is 0 Å². The van der Waals surface area contributed by atoms with E-state index in [2.05, 4.69) is 80.4 Å². The maximum atomic E-state index is 13.2. The Morgan fingerprint density at radius 1 is 0.543 bits per heavy atom. The number of nitrogens with one attached hydrogen (secondary N) is 1. The molecule has 3 aromatic carbocycles. The Balaban J connectivity index is -0.000000574. The second-order valence-corrected chi connectivity index (χ2v) is 8.51. The maximum absolute atomic E-state index is 13.2. The van der Waals surface area contributed by atoms with Crippen molar-refractivity contribution in [2.75, 3.05) is 13.1 Å². The summed E-state index contributed by atoms with van der Waals surface area (Å²) in [5.41, 5.74) is 0. The van der Waals surface area contributed by atoms with Gasteiger partial charge in [-0.05, 0) is 61.9 Å². The number of piperidine rings is 1. The van der Waals surface area contributed by atoms with E-state index in [0.717, 1.165) is 0 Å². The monoisotopic (exact) mass is 575 g/mol. The zero-order valence-electron chi connectivity index (χ0n) is 19.0. The van der Waals surface area contributed by atoms with Crippen LogP contribution in [0.4, 0.5) is 4.39 Å². The van der Waals surface area contributed by atoms with E-state index in [-0.39, 0.29) is 26.9 Å². The maximum Gasteiger partial charge on any atom is 0 e. The standard InChI is InChI=1S/C18H14FP.C5H11N.4CO.Mo/c19-15-11-13-18(14-12-15)20(16-7-3-1-4-8-16)17-9-5-2-6-10-17;1-2-4-6-5-3-1;4*1-2;/h1-14H;6H,1-5H2;;;;;. The number of rotatable bonds is 3. The molecule has 0 unspecified atom stereocenters. The molecular weight excluding hydrogens is 548 g/mol. The average molecular weight is 573 g/mol. The molecule has 35 heavy (non-hydrogen) atoms. The van der Waals surface area contributed by atoms with Crippen LogP contribution in [0.15, 0.2) is 84.9 Å². The molecule has 0 aliphatic carbocycles. The van der Waals surface area contributed by atoms with Crippen LogP contribution in [0.3, 0.4) is 0 Å². The molecule has 0 radical (unpaired) electrons.